The molecule has 1 N–H and O–H groups in total. The van der Waals surface area contributed by atoms with Crippen molar-refractivity contribution in [3.63, 3.8) is 0 Å². The van der Waals surface area contributed by atoms with E-state index in [0.29, 0.717) is 17.0 Å². The van der Waals surface area contributed by atoms with E-state index in [9.17, 15) is 4.79 Å². The number of para-hydroxylation sites is 3. The van der Waals surface area contributed by atoms with Gasteiger partial charge in [0.1, 0.15) is 5.69 Å². The molecule has 0 atom stereocenters. The van der Waals surface area contributed by atoms with Crippen molar-refractivity contribution in [3.8, 4) is 5.69 Å². The summed E-state index contributed by atoms with van der Waals surface area (Å²) in [6.07, 6.45) is 3.66. The van der Waals surface area contributed by atoms with Crippen molar-refractivity contribution in [2.75, 3.05) is 5.32 Å². The summed E-state index contributed by atoms with van der Waals surface area (Å²) in [5.74, 6) is -0.169. The van der Waals surface area contributed by atoms with Crippen LogP contribution in [0.25, 0.3) is 16.7 Å². The Morgan fingerprint density at radius 1 is 1.16 bits per heavy atom. The Kier molecular flexibility index (Phi) is 4.07. The van der Waals surface area contributed by atoms with Crippen LogP contribution in [-0.2, 0) is 11.2 Å². The standard InChI is InChI=1S/C18H13BrN4O2/c19-12-10-20-23(11-12)16-7-3-2-6-14(16)21-18(24)9-15-13-5-1-4-8-17(13)25-22-15/h1-8,10-11H,9H2,(H,21,24). The van der Waals surface area contributed by atoms with Gasteiger partial charge in [-0.05, 0) is 40.2 Å². The van der Waals surface area contributed by atoms with Gasteiger partial charge in [0.15, 0.2) is 5.58 Å². The smallest absolute Gasteiger partial charge is 0.230 e. The van der Waals surface area contributed by atoms with E-state index in [4.69, 9.17) is 4.52 Å². The zero-order valence-electron chi connectivity index (χ0n) is 13.0. The van der Waals surface area contributed by atoms with Crippen LogP contribution < -0.4 is 5.32 Å². The van der Waals surface area contributed by atoms with Gasteiger partial charge >= 0.3 is 0 Å². The molecular weight excluding hydrogens is 384 g/mol. The molecule has 0 saturated heterocycles. The van der Waals surface area contributed by atoms with Gasteiger partial charge in [-0.2, -0.15) is 5.10 Å². The maximum absolute atomic E-state index is 12.5. The Labute approximate surface area is 151 Å². The molecule has 6 nitrogen and oxygen atoms in total. The predicted molar refractivity (Wildman–Crippen MR) is 97.6 cm³/mol. The second kappa shape index (κ2) is 6.52. The van der Waals surface area contributed by atoms with E-state index in [2.05, 4.69) is 31.5 Å². The van der Waals surface area contributed by atoms with Gasteiger partial charge in [0.2, 0.25) is 5.91 Å². The van der Waals surface area contributed by atoms with Crippen LogP contribution in [0, 0.1) is 0 Å². The molecule has 0 fully saturated rings. The fourth-order valence-corrected chi connectivity index (χ4v) is 2.91. The molecule has 0 aliphatic carbocycles. The number of nitrogens with zero attached hydrogens (tertiary/aromatic N) is 3. The first-order valence-electron chi connectivity index (χ1n) is 7.63. The highest BCUT2D eigenvalue weighted by molar-refractivity contribution is 9.10. The maximum atomic E-state index is 12.5. The predicted octanol–water partition coefficient (Wildman–Crippen LogP) is 3.96. The van der Waals surface area contributed by atoms with Crippen molar-refractivity contribution in [1.82, 2.24) is 14.9 Å². The van der Waals surface area contributed by atoms with E-state index in [-0.39, 0.29) is 12.3 Å². The van der Waals surface area contributed by atoms with Crippen LogP contribution in [0.15, 0.2) is 69.9 Å². The molecule has 0 saturated carbocycles. The highest BCUT2D eigenvalue weighted by Crippen LogP contribution is 2.22. The molecule has 124 valence electrons. The number of nitrogens with one attached hydrogen (secondary N) is 1. The summed E-state index contributed by atoms with van der Waals surface area (Å²) in [5, 5.41) is 12.0. The molecule has 4 aromatic rings. The van der Waals surface area contributed by atoms with E-state index < -0.39 is 0 Å². The van der Waals surface area contributed by atoms with Crippen LogP contribution in [0.2, 0.25) is 0 Å². The van der Waals surface area contributed by atoms with Crippen molar-refractivity contribution < 1.29 is 9.32 Å². The van der Waals surface area contributed by atoms with Crippen molar-refractivity contribution in [2.24, 2.45) is 0 Å². The lowest BCUT2D eigenvalue weighted by Gasteiger charge is -2.10. The third-order valence-electron chi connectivity index (χ3n) is 3.76. The summed E-state index contributed by atoms with van der Waals surface area (Å²) in [6, 6.07) is 15.0. The van der Waals surface area contributed by atoms with E-state index in [0.717, 1.165) is 15.5 Å². The summed E-state index contributed by atoms with van der Waals surface area (Å²) in [4.78, 5) is 12.5. The first kappa shape index (κ1) is 15.6. The second-order valence-electron chi connectivity index (χ2n) is 5.47. The first-order chi connectivity index (χ1) is 12.2. The normalized spacial score (nSPS) is 10.9. The van der Waals surface area contributed by atoms with Crippen molar-refractivity contribution in [1.29, 1.82) is 0 Å². The summed E-state index contributed by atoms with van der Waals surface area (Å²) in [5.41, 5.74) is 2.75. The van der Waals surface area contributed by atoms with Gasteiger partial charge in [-0.1, -0.05) is 29.4 Å². The monoisotopic (exact) mass is 396 g/mol. The molecule has 0 unspecified atom stereocenters. The molecule has 0 bridgehead atoms. The molecular formula is C18H13BrN4O2. The van der Waals surface area contributed by atoms with Crippen LogP contribution >= 0.6 is 15.9 Å². The van der Waals surface area contributed by atoms with Crippen molar-refractivity contribution >= 4 is 38.5 Å². The van der Waals surface area contributed by atoms with Gasteiger partial charge in [-0.25, -0.2) is 4.68 Å². The highest BCUT2D eigenvalue weighted by atomic mass is 79.9. The lowest BCUT2D eigenvalue weighted by atomic mass is 10.1. The first-order valence-corrected chi connectivity index (χ1v) is 8.43. The third-order valence-corrected chi connectivity index (χ3v) is 4.17. The van der Waals surface area contributed by atoms with E-state index in [1.807, 2.05) is 54.7 Å². The fraction of sp³-hybridized carbons (Fsp3) is 0.0556. The van der Waals surface area contributed by atoms with Gasteiger partial charge in [0, 0.05) is 11.6 Å². The number of fused-ring (bicyclic) bond motifs is 1. The number of carbonyl (C=O) groups excluding carboxylic acids is 1. The van der Waals surface area contributed by atoms with Crippen LogP contribution in [-0.4, -0.2) is 20.8 Å². The molecule has 0 spiro atoms. The van der Waals surface area contributed by atoms with Crippen molar-refractivity contribution in [3.05, 3.63) is 71.1 Å². The molecule has 7 heteroatoms. The van der Waals surface area contributed by atoms with Crippen molar-refractivity contribution in [2.45, 2.75) is 6.42 Å². The molecule has 0 aliphatic rings. The average Bonchev–Trinajstić information content (AvgIpc) is 3.22. The molecule has 0 radical (unpaired) electrons. The summed E-state index contributed by atoms with van der Waals surface area (Å²) in [7, 11) is 0. The lowest BCUT2D eigenvalue weighted by molar-refractivity contribution is -0.115. The number of rotatable bonds is 4. The summed E-state index contributed by atoms with van der Waals surface area (Å²) in [6.45, 7) is 0. The number of halogens is 1. The zero-order valence-corrected chi connectivity index (χ0v) is 14.6. The largest absolute Gasteiger partial charge is 0.356 e. The van der Waals surface area contributed by atoms with Gasteiger partial charge in [-0.3, -0.25) is 4.79 Å². The van der Waals surface area contributed by atoms with E-state index in [1.165, 1.54) is 0 Å². The Balaban J connectivity index is 1.57. The molecule has 0 aliphatic heterocycles. The minimum atomic E-state index is -0.169. The van der Waals surface area contributed by atoms with Crippen LogP contribution in [0.3, 0.4) is 0 Å². The second-order valence-corrected chi connectivity index (χ2v) is 6.39. The number of anilines is 1. The van der Waals surface area contributed by atoms with Crippen LogP contribution in [0.1, 0.15) is 5.69 Å². The minimum Gasteiger partial charge on any atom is -0.356 e. The Hall–Kier alpha value is -2.93. The molecule has 25 heavy (non-hydrogen) atoms. The Morgan fingerprint density at radius 2 is 1.96 bits per heavy atom. The van der Waals surface area contributed by atoms with E-state index in [1.54, 1.807) is 10.9 Å². The Morgan fingerprint density at radius 3 is 2.80 bits per heavy atom. The number of benzene rings is 2. The number of hydrogen-bond acceptors (Lipinski definition) is 4. The molecule has 4 rings (SSSR count). The maximum Gasteiger partial charge on any atom is 0.230 e. The number of carbonyl (C=O) groups is 1. The molecule has 2 heterocycles. The van der Waals surface area contributed by atoms with E-state index >= 15 is 0 Å². The lowest BCUT2D eigenvalue weighted by Crippen LogP contribution is -2.16. The average molecular weight is 397 g/mol. The number of aromatic nitrogens is 3. The Bertz CT molecular complexity index is 1050. The summed E-state index contributed by atoms with van der Waals surface area (Å²) < 4.78 is 7.81. The minimum absolute atomic E-state index is 0.133. The highest BCUT2D eigenvalue weighted by Gasteiger charge is 2.14. The SMILES string of the molecule is O=C(Cc1noc2ccccc12)Nc1ccccc1-n1cc(Br)cn1. The van der Waals surface area contributed by atoms with Crippen LogP contribution in [0.5, 0.6) is 0 Å². The van der Waals surface area contributed by atoms with Gasteiger partial charge in [-0.15, -0.1) is 0 Å². The van der Waals surface area contributed by atoms with Gasteiger partial charge < -0.3 is 9.84 Å². The van der Waals surface area contributed by atoms with Gasteiger partial charge in [0.25, 0.3) is 0 Å². The zero-order chi connectivity index (χ0) is 17.2. The topological polar surface area (TPSA) is 73.0 Å². The molecule has 1 amide bonds. The number of hydrogen-bond donors (Lipinski definition) is 1. The quantitative estimate of drug-likeness (QED) is 0.566. The molecule has 2 aromatic heterocycles. The van der Waals surface area contributed by atoms with Crippen LogP contribution in [0.4, 0.5) is 5.69 Å². The van der Waals surface area contributed by atoms with Gasteiger partial charge in [0.05, 0.1) is 28.5 Å². The summed E-state index contributed by atoms with van der Waals surface area (Å²) >= 11 is 3.38. The third kappa shape index (κ3) is 3.18. The molecule has 2 aromatic carbocycles. The number of amides is 1. The fourth-order valence-electron chi connectivity index (χ4n) is 2.62.